The van der Waals surface area contributed by atoms with Gasteiger partial charge in [-0.1, -0.05) is 109 Å². The first-order valence-corrected chi connectivity index (χ1v) is 17.4. The van der Waals surface area contributed by atoms with E-state index in [2.05, 4.69) is 156 Å². The predicted octanol–water partition coefficient (Wildman–Crippen LogP) is 12.0. The molecule has 0 saturated heterocycles. The third kappa shape index (κ3) is 3.07. The van der Waals surface area contributed by atoms with Crippen LogP contribution in [0.4, 0.5) is 0 Å². The van der Waals surface area contributed by atoms with Crippen molar-refractivity contribution in [1.82, 2.24) is 4.57 Å². The van der Waals surface area contributed by atoms with E-state index in [9.17, 15) is 0 Å². The first kappa shape index (κ1) is 25.1. The number of para-hydroxylation sites is 2. The molecule has 214 valence electrons. The smallest absolute Gasteiger partial charge is 0.0735 e. The fourth-order valence-corrected chi connectivity index (χ4v) is 10.8. The second-order valence-electron chi connectivity index (χ2n) is 12.4. The standard InChI is InChI=1S/C43H25NS2/c1-2-12-26(13-3-1)44-37-19-9-5-15-28(37)30-22-31-32-23-36-29(24-41(32)46-42(31)25-38(30)44)27-14-4-6-16-33(27)43(36)34-17-7-10-20-39(34)45-40-21-11-8-18-35(40)43/h1-25H. The Bertz CT molecular complexity index is 2680. The van der Waals surface area contributed by atoms with Crippen LogP contribution in [0.5, 0.6) is 0 Å². The molecule has 2 aliphatic rings. The molecule has 1 aliphatic carbocycles. The number of fused-ring (bicyclic) bond motifs is 15. The van der Waals surface area contributed by atoms with E-state index >= 15 is 0 Å². The van der Waals surface area contributed by atoms with E-state index in [-0.39, 0.29) is 5.41 Å². The molecule has 0 saturated carbocycles. The minimum Gasteiger partial charge on any atom is -0.309 e. The summed E-state index contributed by atoms with van der Waals surface area (Å²) in [6, 6.07) is 56.8. The third-order valence-corrected chi connectivity index (χ3v) is 12.5. The summed E-state index contributed by atoms with van der Waals surface area (Å²) in [5.41, 5.74) is 11.6. The molecule has 11 rings (SSSR count). The maximum atomic E-state index is 2.55. The highest BCUT2D eigenvalue weighted by Gasteiger charge is 2.50. The van der Waals surface area contributed by atoms with E-state index in [0.29, 0.717) is 0 Å². The topological polar surface area (TPSA) is 4.93 Å². The first-order chi connectivity index (χ1) is 22.8. The average Bonchev–Trinajstić information content (AvgIpc) is 3.73. The van der Waals surface area contributed by atoms with Crippen molar-refractivity contribution in [2.45, 2.75) is 15.2 Å². The minimum absolute atomic E-state index is 0.361. The molecule has 9 aromatic rings. The Hall–Kier alpha value is -5.09. The number of thiophene rings is 1. The summed E-state index contributed by atoms with van der Waals surface area (Å²) in [6.07, 6.45) is 0. The van der Waals surface area contributed by atoms with Crippen molar-refractivity contribution in [3.63, 3.8) is 0 Å². The largest absolute Gasteiger partial charge is 0.309 e. The highest BCUT2D eigenvalue weighted by atomic mass is 32.2. The summed E-state index contributed by atoms with van der Waals surface area (Å²) in [6.45, 7) is 0. The van der Waals surface area contributed by atoms with Gasteiger partial charge in [0.1, 0.15) is 0 Å². The second kappa shape index (κ2) is 9.01. The highest BCUT2D eigenvalue weighted by molar-refractivity contribution is 7.99. The highest BCUT2D eigenvalue weighted by Crippen LogP contribution is 2.63. The van der Waals surface area contributed by atoms with Crippen molar-refractivity contribution < 1.29 is 0 Å². The molecule has 0 amide bonds. The van der Waals surface area contributed by atoms with Gasteiger partial charge in [-0.2, -0.15) is 0 Å². The molecular weight excluding hydrogens is 595 g/mol. The van der Waals surface area contributed by atoms with Gasteiger partial charge in [-0.25, -0.2) is 0 Å². The van der Waals surface area contributed by atoms with Gasteiger partial charge < -0.3 is 4.57 Å². The summed E-state index contributed by atoms with van der Waals surface area (Å²) in [5, 5.41) is 5.27. The van der Waals surface area contributed by atoms with Gasteiger partial charge in [0.05, 0.1) is 16.4 Å². The molecule has 46 heavy (non-hydrogen) atoms. The van der Waals surface area contributed by atoms with E-state index in [1.807, 2.05) is 23.1 Å². The Morgan fingerprint density at radius 2 is 1.04 bits per heavy atom. The lowest BCUT2D eigenvalue weighted by Crippen LogP contribution is -2.31. The normalized spacial score (nSPS) is 14.2. The van der Waals surface area contributed by atoms with E-state index in [1.165, 1.54) is 90.8 Å². The summed E-state index contributed by atoms with van der Waals surface area (Å²) in [5.74, 6) is 0. The van der Waals surface area contributed by atoms with Gasteiger partial charge in [-0.15, -0.1) is 11.3 Å². The van der Waals surface area contributed by atoms with Crippen molar-refractivity contribution in [3.8, 4) is 16.8 Å². The molecule has 0 N–H and O–H groups in total. The summed E-state index contributed by atoms with van der Waals surface area (Å²) >= 11 is 3.82. The average molecular weight is 620 g/mol. The van der Waals surface area contributed by atoms with E-state index in [0.717, 1.165) is 0 Å². The van der Waals surface area contributed by atoms with Crippen molar-refractivity contribution in [2.24, 2.45) is 0 Å². The number of nitrogens with zero attached hydrogens (tertiary/aromatic N) is 1. The molecule has 2 aromatic heterocycles. The van der Waals surface area contributed by atoms with Crippen LogP contribution < -0.4 is 0 Å². The molecule has 1 nitrogen and oxygen atoms in total. The van der Waals surface area contributed by atoms with E-state index < -0.39 is 0 Å². The molecule has 1 spiro atoms. The lowest BCUT2D eigenvalue weighted by Gasteiger charge is -2.39. The molecule has 3 heterocycles. The van der Waals surface area contributed by atoms with Crippen molar-refractivity contribution in [2.75, 3.05) is 0 Å². The molecule has 1 aliphatic heterocycles. The maximum absolute atomic E-state index is 2.55. The summed E-state index contributed by atoms with van der Waals surface area (Å²) < 4.78 is 5.09. The minimum atomic E-state index is -0.361. The van der Waals surface area contributed by atoms with Gasteiger partial charge in [0.2, 0.25) is 0 Å². The van der Waals surface area contributed by atoms with Crippen LogP contribution in [0.15, 0.2) is 161 Å². The lowest BCUT2D eigenvalue weighted by molar-refractivity contribution is 0.723. The Kier molecular flexibility index (Phi) is 4.92. The predicted molar refractivity (Wildman–Crippen MR) is 195 cm³/mol. The van der Waals surface area contributed by atoms with Crippen LogP contribution >= 0.6 is 23.1 Å². The van der Waals surface area contributed by atoms with Crippen LogP contribution in [0.2, 0.25) is 0 Å². The summed E-state index contributed by atoms with van der Waals surface area (Å²) in [7, 11) is 0. The third-order valence-electron chi connectivity index (χ3n) is 10.2. The van der Waals surface area contributed by atoms with Crippen LogP contribution in [0.1, 0.15) is 22.3 Å². The van der Waals surface area contributed by atoms with Crippen molar-refractivity contribution in [3.05, 3.63) is 174 Å². The number of hydrogen-bond acceptors (Lipinski definition) is 2. The van der Waals surface area contributed by atoms with Gasteiger partial charge in [0.25, 0.3) is 0 Å². The van der Waals surface area contributed by atoms with Crippen LogP contribution in [0, 0.1) is 0 Å². The number of hydrogen-bond donors (Lipinski definition) is 0. The first-order valence-electron chi connectivity index (χ1n) is 15.8. The zero-order valence-electron chi connectivity index (χ0n) is 24.7. The van der Waals surface area contributed by atoms with E-state index in [1.54, 1.807) is 0 Å². The van der Waals surface area contributed by atoms with Gasteiger partial charge in [-0.3, -0.25) is 0 Å². The van der Waals surface area contributed by atoms with Crippen LogP contribution in [0.3, 0.4) is 0 Å². The maximum Gasteiger partial charge on any atom is 0.0735 e. The molecule has 0 fully saturated rings. The number of rotatable bonds is 1. The number of benzene rings is 7. The zero-order chi connectivity index (χ0) is 30.0. The second-order valence-corrected chi connectivity index (χ2v) is 14.6. The fraction of sp³-hybridized carbons (Fsp3) is 0.0233. The van der Waals surface area contributed by atoms with Gasteiger partial charge in [0, 0.05) is 46.4 Å². The summed E-state index contributed by atoms with van der Waals surface area (Å²) in [4.78, 5) is 2.68. The molecule has 0 unspecified atom stereocenters. The Morgan fingerprint density at radius 1 is 0.413 bits per heavy atom. The lowest BCUT2D eigenvalue weighted by atomic mass is 9.67. The van der Waals surface area contributed by atoms with Crippen LogP contribution in [-0.4, -0.2) is 4.57 Å². The Morgan fingerprint density at radius 3 is 1.85 bits per heavy atom. The van der Waals surface area contributed by atoms with Gasteiger partial charge in [-0.05, 0) is 88.0 Å². The van der Waals surface area contributed by atoms with Gasteiger partial charge >= 0.3 is 0 Å². The SMILES string of the molecule is c1ccc(-n2c3ccccc3c3cc4c(cc32)sc2cc3c(cc24)C2(c4ccccc4Sc4ccccc42)c2ccccc2-3)cc1. The van der Waals surface area contributed by atoms with E-state index in [4.69, 9.17) is 0 Å². The molecule has 7 aromatic carbocycles. The monoisotopic (exact) mass is 619 g/mol. The van der Waals surface area contributed by atoms with Gasteiger partial charge in [0.15, 0.2) is 0 Å². The zero-order valence-corrected chi connectivity index (χ0v) is 26.3. The molecule has 0 radical (unpaired) electrons. The quantitative estimate of drug-likeness (QED) is 0.177. The molecule has 0 atom stereocenters. The molecule has 0 bridgehead atoms. The molecule has 3 heteroatoms. The molecular formula is C43H25NS2. The fourth-order valence-electron chi connectivity index (χ4n) is 8.44. The Labute approximate surface area is 274 Å². The van der Waals surface area contributed by atoms with Crippen LogP contribution in [-0.2, 0) is 5.41 Å². The van der Waals surface area contributed by atoms with Crippen molar-refractivity contribution >= 4 is 65.1 Å². The number of aromatic nitrogens is 1. The van der Waals surface area contributed by atoms with Crippen LogP contribution in [0.25, 0.3) is 58.8 Å². The van der Waals surface area contributed by atoms with Crippen molar-refractivity contribution in [1.29, 1.82) is 0 Å². The Balaban J connectivity index is 1.27.